The number of anilines is 2. The van der Waals surface area contributed by atoms with Gasteiger partial charge in [-0.3, -0.25) is 28.8 Å². The minimum atomic E-state index is -5.05. The molecule has 0 saturated heterocycles. The Hall–Kier alpha value is -7.00. The van der Waals surface area contributed by atoms with Gasteiger partial charge in [0.2, 0.25) is 16.9 Å². The van der Waals surface area contributed by atoms with Gasteiger partial charge >= 0.3 is 5.97 Å². The summed E-state index contributed by atoms with van der Waals surface area (Å²) in [6, 6.07) is 16.4. The second-order valence-corrected chi connectivity index (χ2v) is 16.5. The molecule has 0 atom stereocenters. The van der Waals surface area contributed by atoms with Gasteiger partial charge in [0.05, 0.1) is 16.2 Å². The Morgan fingerprint density at radius 3 is 2.07 bits per heavy atom. The fourth-order valence-corrected chi connectivity index (χ4v) is 7.66. The maximum Gasteiger partial charge on any atom is 0.337 e. The first-order valence-electron chi connectivity index (χ1n) is 16.1. The van der Waals surface area contributed by atoms with Gasteiger partial charge in [0, 0.05) is 23.2 Å². The first kappa shape index (κ1) is 42.6. The third-order valence-corrected chi connectivity index (χ3v) is 10.9. The molecule has 6 rings (SSSR count). The molecule has 60 heavy (non-hydrogen) atoms. The predicted octanol–water partition coefficient (Wildman–Crippen LogP) is 6.23. The zero-order valence-electron chi connectivity index (χ0n) is 29.4. The maximum absolute atomic E-state index is 12.4. The smallest absolute Gasteiger partial charge is 0.337 e. The van der Waals surface area contributed by atoms with E-state index in [1.54, 1.807) is 0 Å². The van der Waals surface area contributed by atoms with Crippen molar-refractivity contribution in [1.82, 2.24) is 15.0 Å². The van der Waals surface area contributed by atoms with Crippen LogP contribution in [0.4, 0.5) is 34.4 Å². The lowest BCUT2D eigenvalue weighted by molar-refractivity contribution is -0.385. The van der Waals surface area contributed by atoms with Crippen LogP contribution in [-0.2, 0) is 30.4 Å². The number of aromatic carboxylic acids is 1. The lowest BCUT2D eigenvalue weighted by Gasteiger charge is -2.11. The number of carboxylic acids is 1. The number of benzene rings is 5. The number of fused-ring (bicyclic) bond motifs is 1. The number of non-ortho nitro benzene ring substituents is 1. The fourth-order valence-electron chi connectivity index (χ4n) is 5.43. The van der Waals surface area contributed by atoms with E-state index in [1.807, 2.05) is 0 Å². The second-order valence-electron chi connectivity index (χ2n) is 12.0. The van der Waals surface area contributed by atoms with Crippen LogP contribution in [0, 0.1) is 10.1 Å². The summed E-state index contributed by atoms with van der Waals surface area (Å²) in [7, 11) is -15.0. The summed E-state index contributed by atoms with van der Waals surface area (Å²) in [4.78, 5) is 34.3. The molecule has 22 nitrogen and oxygen atoms in total. The topological polar surface area (TPSA) is 354 Å². The van der Waals surface area contributed by atoms with Crippen molar-refractivity contribution in [3.8, 4) is 5.75 Å². The number of rotatable bonds is 12. The van der Waals surface area contributed by atoms with Gasteiger partial charge in [-0.2, -0.15) is 35.2 Å². The quantitative estimate of drug-likeness (QED) is 0.0235. The van der Waals surface area contributed by atoms with Crippen molar-refractivity contribution in [3.05, 3.63) is 123 Å². The third kappa shape index (κ3) is 9.64. The number of aromatic hydroxyl groups is 1. The number of H-pyrrole nitrogens is 1. The van der Waals surface area contributed by atoms with Crippen LogP contribution in [-0.4, -0.2) is 75.0 Å². The molecule has 0 radical (unpaired) electrons. The Morgan fingerprint density at radius 2 is 1.43 bits per heavy atom. The number of hydrogen-bond acceptors (Lipinski definition) is 16. The Bertz CT molecular complexity index is 3270. The number of halogens is 1. The minimum Gasteiger partial charge on any atom is -0.505 e. The van der Waals surface area contributed by atoms with E-state index in [-0.39, 0.29) is 61.4 Å². The zero-order chi connectivity index (χ0) is 43.7. The molecule has 5 aromatic carbocycles. The highest BCUT2D eigenvalue weighted by atomic mass is 35.5. The average molecular weight is 899 g/mol. The number of carbonyl (C=O) groups is 1. The highest BCUT2D eigenvalue weighted by molar-refractivity contribution is 7.86. The standard InChI is InChI=1S/C34H23ClN8O14S3/c35-32-38-33(36-20-10-12-23-19(13-20)14-28(60(55,56)57)29(30(23)44)42-41-25-4-2-1-3-24(25)31(45)46)40-34(39-32)37-21-9-7-17(26(15-21)58(49,50)51)5-6-18-8-11-22(43(47)48)16-27(18)59(52,53)54/h1-16,44H,(H,45,46)(H,49,50,51)(H,52,53,54)(H,55,56,57)(H2,36,37,38,39,40)/b6-5+,42-41?. The Morgan fingerprint density at radius 1 is 0.800 bits per heavy atom. The molecule has 6 aromatic rings. The number of aromatic amines is 1. The van der Waals surface area contributed by atoms with Gasteiger partial charge in [-0.1, -0.05) is 30.4 Å². The summed E-state index contributed by atoms with van der Waals surface area (Å²) in [5.74, 6) is -2.29. The summed E-state index contributed by atoms with van der Waals surface area (Å²) < 4.78 is 103. The summed E-state index contributed by atoms with van der Waals surface area (Å²) in [6.45, 7) is 0. The molecule has 0 spiro atoms. The van der Waals surface area contributed by atoms with Crippen molar-refractivity contribution in [2.75, 3.05) is 5.32 Å². The van der Waals surface area contributed by atoms with Crippen molar-refractivity contribution in [2.24, 2.45) is 15.2 Å². The second kappa shape index (κ2) is 16.3. The number of phenolic OH excluding ortho intramolecular Hbond substituents is 1. The third-order valence-electron chi connectivity index (χ3n) is 8.05. The summed E-state index contributed by atoms with van der Waals surface area (Å²) in [5, 5.41) is 41.7. The number of carboxylic acid groups (broad SMARTS) is 1. The van der Waals surface area contributed by atoms with Crippen LogP contribution >= 0.6 is 11.6 Å². The van der Waals surface area contributed by atoms with E-state index < -0.39 is 73.1 Å². The number of aromatic nitrogens is 3. The Labute approximate surface area is 341 Å². The maximum atomic E-state index is 12.4. The van der Waals surface area contributed by atoms with E-state index in [2.05, 4.69) is 35.5 Å². The number of hydrogen-bond donors (Lipinski definition) is 7. The van der Waals surface area contributed by atoms with Crippen LogP contribution in [0.3, 0.4) is 0 Å². The molecular formula is C34H23ClN8O14S3. The number of phenols is 1. The van der Waals surface area contributed by atoms with Gasteiger partial charge in [-0.05, 0) is 82.7 Å². The van der Waals surface area contributed by atoms with Gasteiger partial charge in [-0.15, -0.1) is 10.2 Å². The van der Waals surface area contributed by atoms with Gasteiger partial charge in [0.25, 0.3) is 36.0 Å². The van der Waals surface area contributed by atoms with Crippen molar-refractivity contribution < 1.29 is 58.8 Å². The molecule has 26 heteroatoms. The number of nitrogens with zero attached hydrogens (tertiary/aromatic N) is 6. The first-order valence-corrected chi connectivity index (χ1v) is 20.8. The van der Waals surface area contributed by atoms with Crippen LogP contribution in [0.15, 0.2) is 115 Å². The molecule has 1 aromatic heterocycles. The lowest BCUT2D eigenvalue weighted by atomic mass is 10.1. The molecule has 1 heterocycles. The number of nitro groups is 1. The lowest BCUT2D eigenvalue weighted by Crippen LogP contribution is -2.16. The molecule has 308 valence electrons. The number of nitro benzene ring substituents is 1. The molecular weight excluding hydrogens is 876 g/mol. The van der Waals surface area contributed by atoms with E-state index in [0.717, 1.165) is 36.4 Å². The normalized spacial score (nSPS) is 12.7. The summed E-state index contributed by atoms with van der Waals surface area (Å²) >= 11 is 6.16. The Kier molecular flexibility index (Phi) is 11.6. The van der Waals surface area contributed by atoms with E-state index in [1.165, 1.54) is 54.6 Å². The van der Waals surface area contributed by atoms with Crippen molar-refractivity contribution in [3.63, 3.8) is 0 Å². The van der Waals surface area contributed by atoms with Crippen LogP contribution < -0.4 is 10.9 Å². The summed E-state index contributed by atoms with van der Waals surface area (Å²) in [5.41, 5.74) is -2.41. The van der Waals surface area contributed by atoms with E-state index in [9.17, 15) is 64.0 Å². The largest absolute Gasteiger partial charge is 0.505 e. The molecule has 0 aliphatic carbocycles. The fraction of sp³-hybridized carbons (Fsp3) is 0. The van der Waals surface area contributed by atoms with Crippen LogP contribution in [0.1, 0.15) is 21.5 Å². The van der Waals surface area contributed by atoms with Crippen LogP contribution in [0.2, 0.25) is 5.28 Å². The molecule has 0 bridgehead atoms. The zero-order valence-corrected chi connectivity index (χ0v) is 32.6. The molecule has 0 fully saturated rings. The van der Waals surface area contributed by atoms with Gasteiger partial charge in [-0.25, -0.2) is 9.79 Å². The molecule has 0 amide bonds. The molecule has 0 aliphatic rings. The molecule has 0 unspecified atom stereocenters. The average Bonchev–Trinajstić information content (AvgIpc) is 3.15. The van der Waals surface area contributed by atoms with Gasteiger partial charge < -0.3 is 15.5 Å². The SMILES string of the molecule is O=C(O)c1ccccc1N=Nc1c(S(=O)(=O)O)cc2cc(Nc3nc(Cl)[nH]c(=Nc4ccc(/C=C/c5ccc([N+](=O)[O-])cc5S(=O)(=O)O)c(S(=O)(=O)O)c4)n3)ccc2c1O. The number of azo groups is 1. The predicted molar refractivity (Wildman–Crippen MR) is 211 cm³/mol. The van der Waals surface area contributed by atoms with Crippen LogP contribution in [0.25, 0.3) is 22.9 Å². The van der Waals surface area contributed by atoms with Crippen LogP contribution in [0.5, 0.6) is 5.75 Å². The van der Waals surface area contributed by atoms with E-state index in [0.29, 0.717) is 6.07 Å². The molecule has 0 aliphatic heterocycles. The minimum absolute atomic E-state index is 0.0315. The molecule has 7 N–H and O–H groups in total. The number of nitrogens with one attached hydrogen (secondary N) is 2. The highest BCUT2D eigenvalue weighted by Crippen LogP contribution is 2.42. The van der Waals surface area contributed by atoms with Gasteiger partial charge in [0.1, 0.15) is 26.1 Å². The summed E-state index contributed by atoms with van der Waals surface area (Å²) in [6.07, 6.45) is 2.10. The first-order chi connectivity index (χ1) is 28.1. The van der Waals surface area contributed by atoms with Gasteiger partial charge in [0.15, 0.2) is 5.75 Å². The highest BCUT2D eigenvalue weighted by Gasteiger charge is 2.23. The van der Waals surface area contributed by atoms with Crippen molar-refractivity contribution in [1.29, 1.82) is 0 Å². The molecule has 0 saturated carbocycles. The van der Waals surface area contributed by atoms with Crippen molar-refractivity contribution >= 4 is 105 Å². The van der Waals surface area contributed by atoms with E-state index in [4.69, 9.17) is 11.6 Å². The van der Waals surface area contributed by atoms with Crippen molar-refractivity contribution in [2.45, 2.75) is 14.7 Å². The Balaban J connectivity index is 1.34. The van der Waals surface area contributed by atoms with E-state index >= 15 is 0 Å². The monoisotopic (exact) mass is 898 g/mol.